The van der Waals surface area contributed by atoms with Crippen LogP contribution in [-0.4, -0.2) is 32.9 Å². The number of hydrogen-bond acceptors (Lipinski definition) is 5. The van der Waals surface area contributed by atoms with Crippen molar-refractivity contribution in [1.29, 1.82) is 0 Å². The Kier molecular flexibility index (Phi) is 4.66. The Bertz CT molecular complexity index is 630. The van der Waals surface area contributed by atoms with Gasteiger partial charge in [0.2, 0.25) is 5.82 Å². The van der Waals surface area contributed by atoms with E-state index in [0.29, 0.717) is 5.69 Å². The standard InChI is InChI=1S/C13H12F3N5O/c1-21(12(22)11-17-5-2-6-18-11)20-8-10-4-3-9(7-19-10)13(14,15)16/h2-7,20H,8H2,1H3. The zero-order valence-electron chi connectivity index (χ0n) is 11.5. The number of pyridine rings is 1. The van der Waals surface area contributed by atoms with Crippen molar-refractivity contribution >= 4 is 5.91 Å². The minimum Gasteiger partial charge on any atom is -0.274 e. The number of nitrogens with zero attached hydrogens (tertiary/aromatic N) is 4. The minimum absolute atomic E-state index is 0.0119. The number of alkyl halides is 3. The second-order valence-electron chi connectivity index (χ2n) is 4.31. The van der Waals surface area contributed by atoms with E-state index in [0.717, 1.165) is 17.3 Å². The highest BCUT2D eigenvalue weighted by Gasteiger charge is 2.30. The van der Waals surface area contributed by atoms with Crippen molar-refractivity contribution in [2.75, 3.05) is 7.05 Å². The highest BCUT2D eigenvalue weighted by Crippen LogP contribution is 2.28. The van der Waals surface area contributed by atoms with Crippen molar-refractivity contribution in [3.63, 3.8) is 0 Å². The van der Waals surface area contributed by atoms with Crippen molar-refractivity contribution in [3.05, 3.63) is 53.9 Å². The molecule has 0 aliphatic carbocycles. The fourth-order valence-electron chi connectivity index (χ4n) is 1.53. The molecule has 0 spiro atoms. The van der Waals surface area contributed by atoms with Gasteiger partial charge in [-0.3, -0.25) is 14.8 Å². The highest BCUT2D eigenvalue weighted by molar-refractivity contribution is 5.89. The van der Waals surface area contributed by atoms with Gasteiger partial charge in [0.25, 0.3) is 0 Å². The summed E-state index contributed by atoms with van der Waals surface area (Å²) in [4.78, 5) is 23.2. The average molecular weight is 311 g/mol. The molecule has 0 radical (unpaired) electrons. The van der Waals surface area contributed by atoms with E-state index in [1.165, 1.54) is 25.5 Å². The minimum atomic E-state index is -4.42. The summed E-state index contributed by atoms with van der Waals surface area (Å²) in [6.07, 6.45) is -0.799. The first-order valence-electron chi connectivity index (χ1n) is 6.18. The van der Waals surface area contributed by atoms with Gasteiger partial charge in [0, 0.05) is 25.6 Å². The molecule has 6 nitrogen and oxygen atoms in total. The maximum atomic E-state index is 12.4. The van der Waals surface area contributed by atoms with Gasteiger partial charge in [-0.05, 0) is 18.2 Å². The predicted octanol–water partition coefficient (Wildman–Crippen LogP) is 1.67. The summed E-state index contributed by atoms with van der Waals surface area (Å²) < 4.78 is 37.2. The average Bonchev–Trinajstić information content (AvgIpc) is 2.52. The molecule has 2 rings (SSSR count). The van der Waals surface area contributed by atoms with Crippen LogP contribution < -0.4 is 5.43 Å². The van der Waals surface area contributed by atoms with Gasteiger partial charge < -0.3 is 0 Å². The SMILES string of the molecule is CN(NCc1ccc(C(F)(F)F)cn1)C(=O)c1ncccn1. The molecule has 0 saturated heterocycles. The van der Waals surface area contributed by atoms with E-state index in [4.69, 9.17) is 0 Å². The number of hydrazine groups is 1. The van der Waals surface area contributed by atoms with Crippen LogP contribution in [0.3, 0.4) is 0 Å². The van der Waals surface area contributed by atoms with Crippen LogP contribution in [-0.2, 0) is 12.7 Å². The molecule has 2 aromatic rings. The number of rotatable bonds is 4. The molecule has 0 fully saturated rings. The summed E-state index contributed by atoms with van der Waals surface area (Å²) in [6.45, 7) is 0.0905. The van der Waals surface area contributed by atoms with E-state index in [2.05, 4.69) is 20.4 Å². The fourth-order valence-corrected chi connectivity index (χ4v) is 1.53. The molecule has 0 aromatic carbocycles. The normalized spacial score (nSPS) is 11.3. The van der Waals surface area contributed by atoms with Crippen LogP contribution in [0.4, 0.5) is 13.2 Å². The van der Waals surface area contributed by atoms with Crippen molar-refractivity contribution in [3.8, 4) is 0 Å². The summed E-state index contributed by atoms with van der Waals surface area (Å²) in [5.41, 5.74) is 2.26. The van der Waals surface area contributed by atoms with Crippen LogP contribution in [0.5, 0.6) is 0 Å². The zero-order chi connectivity index (χ0) is 16.2. The van der Waals surface area contributed by atoms with Gasteiger partial charge in [-0.1, -0.05) is 0 Å². The molecule has 0 bridgehead atoms. The molecule has 116 valence electrons. The first-order valence-corrected chi connectivity index (χ1v) is 6.18. The quantitative estimate of drug-likeness (QED) is 0.870. The first kappa shape index (κ1) is 15.8. The molecule has 0 unspecified atom stereocenters. The van der Waals surface area contributed by atoms with E-state index >= 15 is 0 Å². The molecule has 1 N–H and O–H groups in total. The van der Waals surface area contributed by atoms with Gasteiger partial charge >= 0.3 is 12.1 Å². The molecular formula is C13H12F3N5O. The third kappa shape index (κ3) is 3.98. The predicted molar refractivity (Wildman–Crippen MR) is 70.2 cm³/mol. The number of aromatic nitrogens is 3. The molecule has 0 saturated carbocycles. The number of carbonyl (C=O) groups excluding carboxylic acids is 1. The van der Waals surface area contributed by atoms with Crippen LogP contribution in [0.15, 0.2) is 36.8 Å². The molecule has 1 amide bonds. The number of nitrogens with one attached hydrogen (secondary N) is 1. The Hall–Kier alpha value is -2.55. The molecular weight excluding hydrogens is 299 g/mol. The molecule has 0 atom stereocenters. The first-order chi connectivity index (χ1) is 10.4. The number of hydrogen-bond donors (Lipinski definition) is 1. The smallest absolute Gasteiger partial charge is 0.274 e. The number of halogens is 3. The number of carbonyl (C=O) groups is 1. The van der Waals surface area contributed by atoms with Gasteiger partial charge in [0.1, 0.15) is 0 Å². The van der Waals surface area contributed by atoms with E-state index in [9.17, 15) is 18.0 Å². The van der Waals surface area contributed by atoms with E-state index < -0.39 is 17.6 Å². The molecule has 2 heterocycles. The lowest BCUT2D eigenvalue weighted by molar-refractivity contribution is -0.137. The zero-order valence-corrected chi connectivity index (χ0v) is 11.5. The second-order valence-corrected chi connectivity index (χ2v) is 4.31. The van der Waals surface area contributed by atoms with E-state index in [-0.39, 0.29) is 12.4 Å². The van der Waals surface area contributed by atoms with E-state index in [1.54, 1.807) is 6.07 Å². The molecule has 2 aromatic heterocycles. The van der Waals surface area contributed by atoms with E-state index in [1.807, 2.05) is 0 Å². The topological polar surface area (TPSA) is 71.0 Å². The highest BCUT2D eigenvalue weighted by atomic mass is 19.4. The molecule has 0 aliphatic heterocycles. The Morgan fingerprint density at radius 3 is 2.45 bits per heavy atom. The maximum Gasteiger partial charge on any atom is 0.417 e. The molecule has 22 heavy (non-hydrogen) atoms. The summed E-state index contributed by atoms with van der Waals surface area (Å²) in [5, 5.41) is 1.15. The van der Waals surface area contributed by atoms with Crippen LogP contribution in [0.2, 0.25) is 0 Å². The van der Waals surface area contributed by atoms with Crippen molar-refractivity contribution in [2.45, 2.75) is 12.7 Å². The number of amides is 1. The summed E-state index contributed by atoms with van der Waals surface area (Å²) in [7, 11) is 1.46. The van der Waals surface area contributed by atoms with Crippen LogP contribution >= 0.6 is 0 Å². The fraction of sp³-hybridized carbons (Fsp3) is 0.231. The monoisotopic (exact) mass is 311 g/mol. The molecule has 0 aliphatic rings. The van der Waals surface area contributed by atoms with Gasteiger partial charge in [-0.15, -0.1) is 0 Å². The summed E-state index contributed by atoms with van der Waals surface area (Å²) in [6, 6.07) is 3.76. The Morgan fingerprint density at radius 2 is 1.91 bits per heavy atom. The lowest BCUT2D eigenvalue weighted by Gasteiger charge is -2.17. The maximum absolute atomic E-state index is 12.4. The summed E-state index contributed by atoms with van der Waals surface area (Å²) in [5.74, 6) is -0.453. The van der Waals surface area contributed by atoms with Crippen LogP contribution in [0, 0.1) is 0 Å². The van der Waals surface area contributed by atoms with Gasteiger partial charge in [0.05, 0.1) is 17.8 Å². The van der Waals surface area contributed by atoms with Crippen molar-refractivity contribution in [2.24, 2.45) is 0 Å². The van der Waals surface area contributed by atoms with Crippen LogP contribution in [0.1, 0.15) is 21.9 Å². The summed E-state index contributed by atoms with van der Waals surface area (Å²) >= 11 is 0. The Balaban J connectivity index is 1.94. The molecule has 9 heteroatoms. The Labute approximate surface area is 124 Å². The third-order valence-electron chi connectivity index (χ3n) is 2.71. The van der Waals surface area contributed by atoms with Gasteiger partial charge in [0.15, 0.2) is 0 Å². The van der Waals surface area contributed by atoms with Gasteiger partial charge in [-0.25, -0.2) is 15.4 Å². The largest absolute Gasteiger partial charge is 0.417 e. The van der Waals surface area contributed by atoms with Crippen molar-refractivity contribution < 1.29 is 18.0 Å². The van der Waals surface area contributed by atoms with Gasteiger partial charge in [-0.2, -0.15) is 13.2 Å². The van der Waals surface area contributed by atoms with Crippen LogP contribution in [0.25, 0.3) is 0 Å². The third-order valence-corrected chi connectivity index (χ3v) is 2.71. The van der Waals surface area contributed by atoms with Crippen molar-refractivity contribution in [1.82, 2.24) is 25.4 Å². The lowest BCUT2D eigenvalue weighted by atomic mass is 10.2. The second kappa shape index (κ2) is 6.48. The Morgan fingerprint density at radius 1 is 1.23 bits per heavy atom. The lowest BCUT2D eigenvalue weighted by Crippen LogP contribution is -2.40.